The molecule has 2 rings (SSSR count). The van der Waals surface area contributed by atoms with Gasteiger partial charge in [0.05, 0.1) is 16.5 Å². The molecule has 0 aliphatic heterocycles. The third-order valence-electron chi connectivity index (χ3n) is 2.96. The first-order valence-corrected chi connectivity index (χ1v) is 6.19. The molecule has 19 heavy (non-hydrogen) atoms. The van der Waals surface area contributed by atoms with E-state index in [1.807, 2.05) is 6.08 Å². The molecule has 5 N–H and O–H groups in total. The van der Waals surface area contributed by atoms with Crippen molar-refractivity contribution in [3.8, 4) is 0 Å². The number of carbonyl (C=O) groups is 2. The van der Waals surface area contributed by atoms with E-state index in [-0.39, 0.29) is 28.5 Å². The van der Waals surface area contributed by atoms with E-state index in [9.17, 15) is 9.59 Å². The summed E-state index contributed by atoms with van der Waals surface area (Å²) < 4.78 is 0. The van der Waals surface area contributed by atoms with Crippen molar-refractivity contribution in [1.82, 2.24) is 0 Å². The lowest BCUT2D eigenvalue weighted by Gasteiger charge is -2.11. The maximum Gasteiger partial charge on any atom is 0.250 e. The summed E-state index contributed by atoms with van der Waals surface area (Å²) in [6.07, 6.45) is 4.20. The number of primary amides is 1. The number of hydrogen-bond donors (Lipinski definition) is 3. The molecule has 0 bridgehead atoms. The highest BCUT2D eigenvalue weighted by Gasteiger charge is 2.22. The zero-order chi connectivity index (χ0) is 14.0. The Hall–Kier alpha value is -1.85. The number of benzene rings is 1. The van der Waals surface area contributed by atoms with Gasteiger partial charge in [-0.2, -0.15) is 0 Å². The molecule has 2 unspecified atom stereocenters. The number of nitrogens with one attached hydrogen (secondary N) is 1. The van der Waals surface area contributed by atoms with Crippen LogP contribution in [0, 0.1) is 5.92 Å². The molecular formula is C13H14ClN3O2. The van der Waals surface area contributed by atoms with E-state index in [1.165, 1.54) is 12.1 Å². The van der Waals surface area contributed by atoms with Gasteiger partial charge in [-0.3, -0.25) is 9.59 Å². The fraction of sp³-hybridized carbons (Fsp3) is 0.231. The summed E-state index contributed by atoms with van der Waals surface area (Å²) in [6.45, 7) is 0. The standard InChI is InChI=1S/C13H14ClN3O2/c14-11-6-9(3-4-10(11)12(16)18)17-13(19)7-1-2-8(15)5-7/h1-4,6-8H,5,15H2,(H2,16,18)(H,17,19). The predicted octanol–water partition coefficient (Wildman–Crippen LogP) is 1.28. The van der Waals surface area contributed by atoms with E-state index in [0.717, 1.165) is 0 Å². The topological polar surface area (TPSA) is 98.2 Å². The van der Waals surface area contributed by atoms with E-state index >= 15 is 0 Å². The SMILES string of the molecule is NC(=O)c1ccc(NC(=O)C2C=CC(N)C2)cc1Cl. The number of nitrogens with two attached hydrogens (primary N) is 2. The Morgan fingerprint density at radius 2 is 2.05 bits per heavy atom. The lowest BCUT2D eigenvalue weighted by Crippen LogP contribution is -2.24. The summed E-state index contributed by atoms with van der Waals surface area (Å²) in [7, 11) is 0. The normalized spacial score (nSPS) is 21.4. The van der Waals surface area contributed by atoms with Crippen LogP contribution in [-0.4, -0.2) is 17.9 Å². The van der Waals surface area contributed by atoms with E-state index in [4.69, 9.17) is 23.1 Å². The summed E-state index contributed by atoms with van der Waals surface area (Å²) >= 11 is 5.90. The number of anilines is 1. The second-order valence-corrected chi connectivity index (χ2v) is 4.85. The molecule has 1 aromatic carbocycles. The maximum atomic E-state index is 11.9. The van der Waals surface area contributed by atoms with Gasteiger partial charge in [-0.05, 0) is 24.6 Å². The van der Waals surface area contributed by atoms with Crippen LogP contribution in [0.4, 0.5) is 5.69 Å². The van der Waals surface area contributed by atoms with Crippen molar-refractivity contribution in [1.29, 1.82) is 0 Å². The minimum absolute atomic E-state index is 0.0726. The van der Waals surface area contributed by atoms with Crippen molar-refractivity contribution in [3.63, 3.8) is 0 Å². The second kappa shape index (κ2) is 5.42. The molecule has 0 aromatic heterocycles. The molecule has 0 spiro atoms. The molecule has 0 saturated carbocycles. The minimum atomic E-state index is -0.604. The molecule has 5 nitrogen and oxygen atoms in total. The number of rotatable bonds is 3. The smallest absolute Gasteiger partial charge is 0.250 e. The Balaban J connectivity index is 2.08. The van der Waals surface area contributed by atoms with Crippen molar-refractivity contribution in [2.75, 3.05) is 5.32 Å². The molecular weight excluding hydrogens is 266 g/mol. The Kier molecular flexibility index (Phi) is 3.87. The zero-order valence-corrected chi connectivity index (χ0v) is 10.9. The summed E-state index contributed by atoms with van der Waals surface area (Å²) in [6, 6.07) is 4.49. The predicted molar refractivity (Wildman–Crippen MR) is 73.8 cm³/mol. The van der Waals surface area contributed by atoms with E-state index in [1.54, 1.807) is 12.1 Å². The molecule has 100 valence electrons. The van der Waals surface area contributed by atoms with Crippen LogP contribution in [0.5, 0.6) is 0 Å². The van der Waals surface area contributed by atoms with Crippen LogP contribution < -0.4 is 16.8 Å². The Labute approximate surface area is 115 Å². The third kappa shape index (κ3) is 3.13. The van der Waals surface area contributed by atoms with Crippen LogP contribution in [0.15, 0.2) is 30.4 Å². The monoisotopic (exact) mass is 279 g/mol. The molecule has 6 heteroatoms. The fourth-order valence-corrected chi connectivity index (χ4v) is 2.22. The molecule has 1 aromatic rings. The van der Waals surface area contributed by atoms with Gasteiger partial charge in [-0.15, -0.1) is 0 Å². The number of hydrogen-bond acceptors (Lipinski definition) is 3. The van der Waals surface area contributed by atoms with Crippen molar-refractivity contribution in [3.05, 3.63) is 40.9 Å². The van der Waals surface area contributed by atoms with Crippen LogP contribution in [0.2, 0.25) is 5.02 Å². The average molecular weight is 280 g/mol. The van der Waals surface area contributed by atoms with Gasteiger partial charge in [0.25, 0.3) is 0 Å². The first kappa shape index (κ1) is 13.6. The summed E-state index contributed by atoms with van der Waals surface area (Å²) in [5.74, 6) is -0.982. The fourth-order valence-electron chi connectivity index (χ4n) is 1.95. The zero-order valence-electron chi connectivity index (χ0n) is 10.1. The van der Waals surface area contributed by atoms with Crippen LogP contribution in [0.3, 0.4) is 0 Å². The van der Waals surface area contributed by atoms with Gasteiger partial charge >= 0.3 is 0 Å². The van der Waals surface area contributed by atoms with E-state index in [0.29, 0.717) is 12.1 Å². The quantitative estimate of drug-likeness (QED) is 0.727. The van der Waals surface area contributed by atoms with E-state index in [2.05, 4.69) is 5.32 Å². The van der Waals surface area contributed by atoms with Gasteiger partial charge in [-0.1, -0.05) is 23.8 Å². The van der Waals surface area contributed by atoms with Crippen LogP contribution in [0.1, 0.15) is 16.8 Å². The lowest BCUT2D eigenvalue weighted by molar-refractivity contribution is -0.118. The minimum Gasteiger partial charge on any atom is -0.366 e. The largest absolute Gasteiger partial charge is 0.366 e. The first-order valence-electron chi connectivity index (χ1n) is 5.81. The maximum absolute atomic E-state index is 11.9. The van der Waals surface area contributed by atoms with Gasteiger partial charge in [0.15, 0.2) is 0 Å². The molecule has 0 fully saturated rings. The first-order chi connectivity index (χ1) is 8.97. The Bertz CT molecular complexity index is 557. The summed E-state index contributed by atoms with van der Waals surface area (Å²) in [4.78, 5) is 23.0. The highest BCUT2D eigenvalue weighted by Crippen LogP contribution is 2.23. The van der Waals surface area contributed by atoms with Gasteiger partial charge in [-0.25, -0.2) is 0 Å². The molecule has 0 heterocycles. The van der Waals surface area contributed by atoms with Crippen molar-refractivity contribution in [2.45, 2.75) is 12.5 Å². The van der Waals surface area contributed by atoms with Crippen molar-refractivity contribution < 1.29 is 9.59 Å². The highest BCUT2D eigenvalue weighted by atomic mass is 35.5. The van der Waals surface area contributed by atoms with Crippen molar-refractivity contribution >= 4 is 29.1 Å². The molecule has 1 aliphatic rings. The highest BCUT2D eigenvalue weighted by molar-refractivity contribution is 6.34. The molecule has 0 radical (unpaired) electrons. The summed E-state index contributed by atoms with van der Waals surface area (Å²) in [5, 5.41) is 2.94. The summed E-state index contributed by atoms with van der Waals surface area (Å²) in [5.41, 5.74) is 11.6. The van der Waals surface area contributed by atoms with Crippen molar-refractivity contribution in [2.24, 2.45) is 17.4 Å². The molecule has 1 aliphatic carbocycles. The second-order valence-electron chi connectivity index (χ2n) is 4.44. The van der Waals surface area contributed by atoms with Gasteiger partial charge in [0, 0.05) is 11.7 Å². The van der Waals surface area contributed by atoms with Gasteiger partial charge in [0.2, 0.25) is 11.8 Å². The van der Waals surface area contributed by atoms with Crippen LogP contribution >= 0.6 is 11.6 Å². The van der Waals surface area contributed by atoms with Gasteiger partial charge < -0.3 is 16.8 Å². The Morgan fingerprint density at radius 1 is 1.32 bits per heavy atom. The lowest BCUT2D eigenvalue weighted by atomic mass is 10.1. The molecule has 2 atom stereocenters. The third-order valence-corrected chi connectivity index (χ3v) is 3.27. The average Bonchev–Trinajstić information content (AvgIpc) is 2.75. The van der Waals surface area contributed by atoms with Gasteiger partial charge in [0.1, 0.15) is 0 Å². The van der Waals surface area contributed by atoms with E-state index < -0.39 is 5.91 Å². The number of halogens is 1. The molecule has 0 saturated heterocycles. The Morgan fingerprint density at radius 3 is 2.58 bits per heavy atom. The number of amides is 2. The number of carbonyl (C=O) groups excluding carboxylic acids is 2. The van der Waals surface area contributed by atoms with Crippen LogP contribution in [-0.2, 0) is 4.79 Å². The molecule has 2 amide bonds. The van der Waals surface area contributed by atoms with Crippen LogP contribution in [0.25, 0.3) is 0 Å².